The zero-order valence-corrected chi connectivity index (χ0v) is 20.3. The van der Waals surface area contributed by atoms with Crippen molar-refractivity contribution in [3.63, 3.8) is 0 Å². The van der Waals surface area contributed by atoms with Crippen LogP contribution in [0.4, 0.5) is 0 Å². The summed E-state index contributed by atoms with van der Waals surface area (Å²) in [5, 5.41) is 0. The first kappa shape index (κ1) is 20.4. The van der Waals surface area contributed by atoms with Gasteiger partial charge in [-0.1, -0.05) is 48.5 Å². The summed E-state index contributed by atoms with van der Waals surface area (Å²) in [4.78, 5) is 0. The molecule has 0 amide bonds. The molecule has 0 spiro atoms. The summed E-state index contributed by atoms with van der Waals surface area (Å²) in [7, 11) is 0. The van der Waals surface area contributed by atoms with E-state index in [4.69, 9.17) is 4.74 Å². The highest BCUT2D eigenvalue weighted by Crippen LogP contribution is 2.09. The summed E-state index contributed by atoms with van der Waals surface area (Å²) in [5.41, 5.74) is 1.33. The van der Waals surface area contributed by atoms with Crippen molar-refractivity contribution in [1.82, 2.24) is 0 Å². The monoisotopic (exact) mass is 604 g/mol. The van der Waals surface area contributed by atoms with Crippen molar-refractivity contribution in [2.24, 2.45) is 0 Å². The molecule has 0 aromatic heterocycles. The lowest BCUT2D eigenvalue weighted by Crippen LogP contribution is -3.61. The minimum Gasteiger partial charge on any atom is -0.493 e. The molecule has 0 aliphatic rings. The molecule has 0 saturated carbocycles. The third-order valence-electron chi connectivity index (χ3n) is 4.29. The van der Waals surface area contributed by atoms with Gasteiger partial charge in [0.05, 0.1) is 6.61 Å². The van der Waals surface area contributed by atoms with E-state index in [1.807, 2.05) is 0 Å². The lowest BCUT2D eigenvalue weighted by molar-refractivity contribution is -0.597. The predicted octanol–water partition coefficient (Wildman–Crippen LogP) is -0.435. The summed E-state index contributed by atoms with van der Waals surface area (Å²) < 4.78 is 11.7. The zero-order chi connectivity index (χ0) is 19.7. The zero-order valence-electron chi connectivity index (χ0n) is 16.0. The van der Waals surface area contributed by atoms with Gasteiger partial charge in [-0.15, -0.1) is 0 Å². The van der Waals surface area contributed by atoms with Crippen molar-refractivity contribution < 1.29 is 47.1 Å². The van der Waals surface area contributed by atoms with E-state index in [0.717, 1.165) is 12.2 Å². The molecule has 4 rings (SSSR count). The summed E-state index contributed by atoms with van der Waals surface area (Å²) in [5.74, 6) is 0.956. The van der Waals surface area contributed by atoms with Crippen LogP contribution in [0.1, 0.15) is 5.56 Å². The second-order valence-corrected chi connectivity index (χ2v) is 12.5. The molecule has 0 radical (unpaired) electrons. The predicted molar refractivity (Wildman–Crippen MR) is 110 cm³/mol. The highest BCUT2D eigenvalue weighted by atomic mass is 127. The first-order valence-electron chi connectivity index (χ1n) is 9.57. The van der Waals surface area contributed by atoms with Gasteiger partial charge in [0.2, 0.25) is 0 Å². The van der Waals surface area contributed by atoms with E-state index in [0.29, 0.717) is 6.61 Å². The Labute approximate surface area is 193 Å². The second kappa shape index (κ2) is 10.8. The van der Waals surface area contributed by atoms with Gasteiger partial charge in [-0.3, -0.25) is 0 Å². The topological polar surface area (TPSA) is 9.23 Å². The molecule has 0 saturated heterocycles. The van der Waals surface area contributed by atoms with Gasteiger partial charge in [-0.25, -0.2) is 0 Å². The van der Waals surface area contributed by atoms with Crippen LogP contribution in [0.5, 0.6) is 5.75 Å². The molecule has 0 aliphatic heterocycles. The minimum absolute atomic E-state index is 0.0854. The number of hydrogen-bond donors (Lipinski definition) is 0. The van der Waals surface area contributed by atoms with Crippen LogP contribution in [0.3, 0.4) is 0 Å². The summed E-state index contributed by atoms with van der Waals surface area (Å²) in [6, 6.07) is 39.2. The van der Waals surface area contributed by atoms with Crippen molar-refractivity contribution in [3.05, 3.63) is 129 Å². The average Bonchev–Trinajstić information content (AvgIpc) is 2.78. The number of rotatable bonds is 8. The number of halogens is 2. The third-order valence-corrected chi connectivity index (χ3v) is 9.66. The molecule has 0 heterocycles. The van der Waals surface area contributed by atoms with E-state index in [9.17, 15) is 0 Å². The molecule has 0 unspecified atom stereocenters. The molecule has 144 valence electrons. The second-order valence-electron chi connectivity index (χ2n) is 6.46. The lowest BCUT2D eigenvalue weighted by atomic mass is 10.2. The van der Waals surface area contributed by atoms with Crippen LogP contribution in [0.15, 0.2) is 109 Å². The maximum Gasteiger partial charge on any atom is 0.357 e. The highest BCUT2D eigenvalue weighted by molar-refractivity contribution is 5.21. The van der Waals surface area contributed by atoms with E-state index in [2.05, 4.69) is 109 Å². The lowest BCUT2D eigenvalue weighted by Gasteiger charge is -2.05. The van der Waals surface area contributed by atoms with E-state index in [-0.39, 0.29) is 42.4 Å². The Balaban J connectivity index is 1.24. The van der Waals surface area contributed by atoms with Gasteiger partial charge in [0.15, 0.2) is 14.3 Å². The first-order valence-corrected chi connectivity index (χ1v) is 13.9. The van der Waals surface area contributed by atoms with Gasteiger partial charge >= 0.3 is 42.4 Å². The normalized spacial score (nSPS) is 10.6. The number of benzene rings is 4. The fourth-order valence-electron chi connectivity index (χ4n) is 2.80. The Morgan fingerprint density at radius 2 is 0.931 bits per heavy atom. The Kier molecular flexibility index (Phi) is 7.59. The van der Waals surface area contributed by atoms with E-state index >= 15 is 0 Å². The quantitative estimate of drug-likeness (QED) is 0.248. The van der Waals surface area contributed by atoms with Crippen LogP contribution in [0.2, 0.25) is 0 Å². The molecule has 0 fully saturated rings. The smallest absolute Gasteiger partial charge is 0.357 e. The number of hydrogen-bond acceptors (Lipinski definition) is 1. The molecule has 0 aliphatic carbocycles. The van der Waals surface area contributed by atoms with Gasteiger partial charge in [0.1, 0.15) is 5.75 Å². The SMILES string of the molecule is c1ccc([I+]c2ccc(CCOc3ccc([I+]c4ccccc4)cc3)cc2)cc1. The molecule has 4 aromatic carbocycles. The molecule has 0 atom stereocenters. The Bertz CT molecular complexity index is 913. The Hall–Kier alpha value is -1.86. The van der Waals surface area contributed by atoms with Crippen molar-refractivity contribution in [2.75, 3.05) is 6.61 Å². The van der Waals surface area contributed by atoms with Crippen LogP contribution < -0.4 is 47.1 Å². The molecule has 0 N–H and O–H groups in total. The highest BCUT2D eigenvalue weighted by Gasteiger charge is 2.15. The molecule has 1 nitrogen and oxygen atoms in total. The Morgan fingerprint density at radius 3 is 1.45 bits per heavy atom. The van der Waals surface area contributed by atoms with Crippen molar-refractivity contribution in [2.45, 2.75) is 6.42 Å². The fraction of sp³-hybridized carbons (Fsp3) is 0.0769. The molecule has 29 heavy (non-hydrogen) atoms. The van der Waals surface area contributed by atoms with Gasteiger partial charge in [-0.05, 0) is 66.2 Å². The molecule has 0 bridgehead atoms. The number of ether oxygens (including phenoxy) is 1. The minimum atomic E-state index is -0.110. The van der Waals surface area contributed by atoms with Gasteiger partial charge < -0.3 is 4.74 Å². The van der Waals surface area contributed by atoms with Gasteiger partial charge in [-0.2, -0.15) is 0 Å². The van der Waals surface area contributed by atoms with Crippen molar-refractivity contribution >= 4 is 0 Å². The maximum absolute atomic E-state index is 5.96. The fourth-order valence-corrected chi connectivity index (χ4v) is 7.23. The summed E-state index contributed by atoms with van der Waals surface area (Å²) in [6.07, 6.45) is 0.933. The van der Waals surface area contributed by atoms with E-state index in [1.54, 1.807) is 0 Å². The van der Waals surface area contributed by atoms with Crippen LogP contribution in [-0.2, 0) is 6.42 Å². The van der Waals surface area contributed by atoms with Crippen LogP contribution in [-0.4, -0.2) is 6.61 Å². The van der Waals surface area contributed by atoms with Crippen LogP contribution in [0, 0.1) is 14.3 Å². The van der Waals surface area contributed by atoms with E-state index in [1.165, 1.54) is 19.8 Å². The van der Waals surface area contributed by atoms with Gasteiger partial charge in [0, 0.05) is 6.42 Å². The maximum atomic E-state index is 5.96. The molecule has 3 heteroatoms. The van der Waals surface area contributed by atoms with Crippen LogP contribution in [0.25, 0.3) is 0 Å². The first-order chi connectivity index (χ1) is 14.3. The summed E-state index contributed by atoms with van der Waals surface area (Å²) >= 11 is -0.195. The van der Waals surface area contributed by atoms with Crippen LogP contribution >= 0.6 is 0 Å². The Morgan fingerprint density at radius 1 is 0.483 bits per heavy atom. The summed E-state index contributed by atoms with van der Waals surface area (Å²) in [6.45, 7) is 0.708. The average molecular weight is 604 g/mol. The van der Waals surface area contributed by atoms with Crippen molar-refractivity contribution in [1.29, 1.82) is 0 Å². The standard InChI is InChI=1S/C26H22I2O/c1-3-7-22(8-4-1)27-24-13-11-21(12-14-24)19-20-29-26-17-15-25(16-18-26)28-23-9-5-2-6-10-23/h1-18H,19-20H2/q+2. The van der Waals surface area contributed by atoms with Gasteiger partial charge in [0.25, 0.3) is 0 Å². The third kappa shape index (κ3) is 6.57. The van der Waals surface area contributed by atoms with E-state index < -0.39 is 0 Å². The molecular formula is C26H22I2O+2. The molecular weight excluding hydrogens is 582 g/mol. The molecule has 4 aromatic rings. The van der Waals surface area contributed by atoms with Crippen molar-refractivity contribution in [3.8, 4) is 5.75 Å². The largest absolute Gasteiger partial charge is 0.493 e.